The minimum Gasteiger partial charge on any atom is -0.388 e. The van der Waals surface area contributed by atoms with Crippen LogP contribution in [0.3, 0.4) is 0 Å². The zero-order chi connectivity index (χ0) is 16.1. The molecular formula is C15H17FN4O2. The molecule has 1 atom stereocenters. The molecular weight excluding hydrogens is 287 g/mol. The number of hydrogen-bond donors (Lipinski definition) is 2. The van der Waals surface area contributed by atoms with Crippen LogP contribution in [0.2, 0.25) is 0 Å². The maximum absolute atomic E-state index is 13.1. The summed E-state index contributed by atoms with van der Waals surface area (Å²) in [6, 6.07) is 5.53. The summed E-state index contributed by atoms with van der Waals surface area (Å²) in [5, 5.41) is 12.5. The predicted octanol–water partition coefficient (Wildman–Crippen LogP) is 1.74. The van der Waals surface area contributed by atoms with Crippen molar-refractivity contribution in [2.24, 2.45) is 0 Å². The van der Waals surface area contributed by atoms with E-state index in [0.29, 0.717) is 17.2 Å². The third-order valence-electron chi connectivity index (χ3n) is 2.93. The highest BCUT2D eigenvalue weighted by Crippen LogP contribution is 2.18. The summed E-state index contributed by atoms with van der Waals surface area (Å²) in [5.41, 5.74) is 0.788. The van der Waals surface area contributed by atoms with Crippen LogP contribution in [0.15, 0.2) is 36.7 Å². The number of carbonyl (C=O) groups is 1. The standard InChI is InChI=1S/C15H17FN4O2/c1-20(2)15-17-8-12(9-18-15)19-14(22)7-13(21)10-4-3-5-11(16)6-10/h3-6,8-9,13,21H,7H2,1-2H3,(H,19,22). The number of amides is 1. The van der Waals surface area contributed by atoms with E-state index in [1.165, 1.54) is 30.6 Å². The average molecular weight is 304 g/mol. The predicted molar refractivity (Wildman–Crippen MR) is 81.0 cm³/mol. The topological polar surface area (TPSA) is 78.4 Å². The Morgan fingerprint density at radius 3 is 2.64 bits per heavy atom. The van der Waals surface area contributed by atoms with Gasteiger partial charge in [-0.3, -0.25) is 4.79 Å². The molecule has 1 amide bonds. The van der Waals surface area contributed by atoms with Crippen LogP contribution in [0.4, 0.5) is 16.0 Å². The molecule has 0 bridgehead atoms. The quantitative estimate of drug-likeness (QED) is 0.880. The van der Waals surface area contributed by atoms with Crippen LogP contribution in [-0.2, 0) is 4.79 Å². The molecule has 1 aromatic heterocycles. The number of carbonyl (C=O) groups excluding carboxylic acids is 1. The second-order valence-electron chi connectivity index (χ2n) is 4.99. The van der Waals surface area contributed by atoms with Crippen molar-refractivity contribution in [1.29, 1.82) is 0 Å². The van der Waals surface area contributed by atoms with Gasteiger partial charge >= 0.3 is 0 Å². The third kappa shape index (κ3) is 4.23. The summed E-state index contributed by atoms with van der Waals surface area (Å²) in [5.74, 6) is -0.333. The number of aliphatic hydroxyl groups is 1. The molecule has 6 nitrogen and oxygen atoms in total. The molecule has 7 heteroatoms. The maximum atomic E-state index is 13.1. The molecule has 0 aliphatic rings. The first kappa shape index (κ1) is 15.8. The number of halogens is 1. The largest absolute Gasteiger partial charge is 0.388 e. The number of rotatable bonds is 5. The second-order valence-corrected chi connectivity index (χ2v) is 4.99. The Labute approximate surface area is 127 Å². The highest BCUT2D eigenvalue weighted by Gasteiger charge is 2.14. The average Bonchev–Trinajstić information content (AvgIpc) is 2.47. The minimum absolute atomic E-state index is 0.182. The Balaban J connectivity index is 1.95. The number of nitrogens with one attached hydrogen (secondary N) is 1. The van der Waals surface area contributed by atoms with Crippen molar-refractivity contribution in [3.63, 3.8) is 0 Å². The number of benzene rings is 1. The van der Waals surface area contributed by atoms with Crippen LogP contribution in [-0.4, -0.2) is 35.1 Å². The van der Waals surface area contributed by atoms with Crippen LogP contribution in [0, 0.1) is 5.82 Å². The van der Waals surface area contributed by atoms with Crippen LogP contribution in [0.1, 0.15) is 18.1 Å². The van der Waals surface area contributed by atoms with Crippen LogP contribution >= 0.6 is 0 Å². The van der Waals surface area contributed by atoms with E-state index in [4.69, 9.17) is 0 Å². The van der Waals surface area contributed by atoms with Gasteiger partial charge < -0.3 is 15.3 Å². The van der Waals surface area contributed by atoms with Gasteiger partial charge in [0.15, 0.2) is 0 Å². The highest BCUT2D eigenvalue weighted by atomic mass is 19.1. The van der Waals surface area contributed by atoms with Crippen molar-refractivity contribution in [2.45, 2.75) is 12.5 Å². The number of nitrogens with zero attached hydrogens (tertiary/aromatic N) is 3. The first-order valence-corrected chi connectivity index (χ1v) is 6.68. The van der Waals surface area contributed by atoms with Gasteiger partial charge in [-0.25, -0.2) is 14.4 Å². The van der Waals surface area contributed by atoms with Gasteiger partial charge in [0.25, 0.3) is 0 Å². The zero-order valence-electron chi connectivity index (χ0n) is 12.3. The van der Waals surface area contributed by atoms with Crippen molar-refractivity contribution < 1.29 is 14.3 Å². The fourth-order valence-electron chi connectivity index (χ4n) is 1.84. The zero-order valence-corrected chi connectivity index (χ0v) is 12.3. The lowest BCUT2D eigenvalue weighted by atomic mass is 10.1. The Bertz CT molecular complexity index is 646. The lowest BCUT2D eigenvalue weighted by Crippen LogP contribution is -2.17. The lowest BCUT2D eigenvalue weighted by molar-refractivity contribution is -0.118. The molecule has 0 aliphatic heterocycles. The van der Waals surface area contributed by atoms with Gasteiger partial charge in [0.1, 0.15) is 5.82 Å². The normalized spacial score (nSPS) is 11.8. The first-order chi connectivity index (χ1) is 10.5. The molecule has 0 saturated heterocycles. The molecule has 1 aromatic carbocycles. The van der Waals surface area contributed by atoms with Gasteiger partial charge in [0, 0.05) is 14.1 Å². The van der Waals surface area contributed by atoms with Crippen molar-refractivity contribution in [3.8, 4) is 0 Å². The van der Waals surface area contributed by atoms with E-state index in [0.717, 1.165) is 0 Å². The Hall–Kier alpha value is -2.54. The summed E-state index contributed by atoms with van der Waals surface area (Å²) < 4.78 is 13.1. The Kier molecular flexibility index (Phi) is 5.00. The SMILES string of the molecule is CN(C)c1ncc(NC(=O)CC(O)c2cccc(F)c2)cn1. The van der Waals surface area contributed by atoms with Crippen molar-refractivity contribution in [2.75, 3.05) is 24.3 Å². The van der Waals surface area contributed by atoms with E-state index in [1.54, 1.807) is 11.0 Å². The number of hydrogen-bond acceptors (Lipinski definition) is 5. The van der Waals surface area contributed by atoms with Crippen molar-refractivity contribution >= 4 is 17.5 Å². The molecule has 0 spiro atoms. The Morgan fingerprint density at radius 1 is 1.36 bits per heavy atom. The summed E-state index contributed by atoms with van der Waals surface area (Å²) >= 11 is 0. The van der Waals surface area contributed by atoms with Gasteiger partial charge in [-0.2, -0.15) is 0 Å². The molecule has 0 saturated carbocycles. The molecule has 1 heterocycles. The van der Waals surface area contributed by atoms with E-state index >= 15 is 0 Å². The van der Waals surface area contributed by atoms with Gasteiger partial charge in [-0.05, 0) is 17.7 Å². The van der Waals surface area contributed by atoms with E-state index in [9.17, 15) is 14.3 Å². The molecule has 0 aliphatic carbocycles. The van der Waals surface area contributed by atoms with E-state index < -0.39 is 17.8 Å². The summed E-state index contributed by atoms with van der Waals surface area (Å²) in [6.07, 6.45) is 1.71. The molecule has 2 N–H and O–H groups in total. The smallest absolute Gasteiger partial charge is 0.227 e. The summed E-state index contributed by atoms with van der Waals surface area (Å²) in [4.78, 5) is 21.7. The monoisotopic (exact) mass is 304 g/mol. The highest BCUT2D eigenvalue weighted by molar-refractivity contribution is 5.90. The summed E-state index contributed by atoms with van der Waals surface area (Å²) in [7, 11) is 3.62. The molecule has 2 aromatic rings. The van der Waals surface area contributed by atoms with Gasteiger partial charge in [-0.15, -0.1) is 0 Å². The van der Waals surface area contributed by atoms with Crippen molar-refractivity contribution in [1.82, 2.24) is 9.97 Å². The minimum atomic E-state index is -1.07. The number of aromatic nitrogens is 2. The van der Waals surface area contributed by atoms with E-state index in [-0.39, 0.29) is 6.42 Å². The molecule has 1 unspecified atom stereocenters. The summed E-state index contributed by atoms with van der Waals surface area (Å²) in [6.45, 7) is 0. The fourth-order valence-corrected chi connectivity index (χ4v) is 1.84. The van der Waals surface area contributed by atoms with Crippen LogP contribution in [0.5, 0.6) is 0 Å². The third-order valence-corrected chi connectivity index (χ3v) is 2.93. The molecule has 116 valence electrons. The number of anilines is 2. The van der Waals surface area contributed by atoms with E-state index in [1.807, 2.05) is 14.1 Å². The molecule has 22 heavy (non-hydrogen) atoms. The van der Waals surface area contributed by atoms with Crippen molar-refractivity contribution in [3.05, 3.63) is 48.0 Å². The number of aliphatic hydroxyl groups excluding tert-OH is 1. The second kappa shape index (κ2) is 6.95. The molecule has 0 fully saturated rings. The first-order valence-electron chi connectivity index (χ1n) is 6.68. The Morgan fingerprint density at radius 2 is 2.05 bits per heavy atom. The van der Waals surface area contributed by atoms with Gasteiger partial charge in [0.2, 0.25) is 11.9 Å². The van der Waals surface area contributed by atoms with Gasteiger partial charge in [0.05, 0.1) is 30.6 Å². The molecule has 2 rings (SSSR count). The maximum Gasteiger partial charge on any atom is 0.227 e. The van der Waals surface area contributed by atoms with Crippen LogP contribution < -0.4 is 10.2 Å². The lowest BCUT2D eigenvalue weighted by Gasteiger charge is -2.12. The van der Waals surface area contributed by atoms with E-state index in [2.05, 4.69) is 15.3 Å². The fraction of sp³-hybridized carbons (Fsp3) is 0.267. The van der Waals surface area contributed by atoms with Crippen LogP contribution in [0.25, 0.3) is 0 Å². The van der Waals surface area contributed by atoms with Gasteiger partial charge in [-0.1, -0.05) is 12.1 Å². The molecule has 0 radical (unpaired) electrons.